The number of carbonyl (C=O) groups excluding carboxylic acids is 1. The number of rotatable bonds is 5. The molecule has 0 aliphatic rings. The molecule has 2 rings (SSSR count). The van der Waals surface area contributed by atoms with E-state index in [2.05, 4.69) is 5.32 Å². The summed E-state index contributed by atoms with van der Waals surface area (Å²) in [5.41, 5.74) is 1.10. The Bertz CT molecular complexity index is 643. The van der Waals surface area contributed by atoms with Crippen LogP contribution < -0.4 is 5.32 Å². The van der Waals surface area contributed by atoms with Gasteiger partial charge in [0, 0.05) is 6.42 Å². The van der Waals surface area contributed by atoms with Gasteiger partial charge in [0.2, 0.25) is 0 Å². The first-order chi connectivity index (χ1) is 10.1. The van der Waals surface area contributed by atoms with Crippen LogP contribution in [0.15, 0.2) is 54.6 Å². The zero-order chi connectivity index (χ0) is 15.2. The zero-order valence-electron chi connectivity index (χ0n) is 11.1. The average molecular weight is 304 g/mol. The number of carbonyl (C=O) groups is 2. The molecule has 0 saturated heterocycles. The predicted molar refractivity (Wildman–Crippen MR) is 80.5 cm³/mol. The molecule has 1 atom stereocenters. The van der Waals surface area contributed by atoms with Crippen molar-refractivity contribution in [2.24, 2.45) is 0 Å². The van der Waals surface area contributed by atoms with Gasteiger partial charge in [-0.2, -0.15) is 0 Å². The fourth-order valence-corrected chi connectivity index (χ4v) is 2.15. The van der Waals surface area contributed by atoms with Crippen molar-refractivity contribution in [2.75, 3.05) is 0 Å². The summed E-state index contributed by atoms with van der Waals surface area (Å²) < 4.78 is 0. The molecule has 4 nitrogen and oxygen atoms in total. The monoisotopic (exact) mass is 303 g/mol. The molecule has 2 N–H and O–H groups in total. The normalized spacial score (nSPS) is 11.7. The van der Waals surface area contributed by atoms with Crippen LogP contribution in [0.5, 0.6) is 0 Å². The molecular weight excluding hydrogens is 290 g/mol. The number of hydrogen-bond donors (Lipinski definition) is 2. The minimum atomic E-state index is -1.08. The lowest BCUT2D eigenvalue weighted by Gasteiger charge is -2.15. The minimum Gasteiger partial charge on any atom is -0.480 e. The third kappa shape index (κ3) is 4.07. The van der Waals surface area contributed by atoms with Crippen LogP contribution >= 0.6 is 11.6 Å². The lowest BCUT2D eigenvalue weighted by Crippen LogP contribution is -2.42. The second-order valence-corrected chi connectivity index (χ2v) is 4.94. The first-order valence-corrected chi connectivity index (χ1v) is 6.78. The topological polar surface area (TPSA) is 66.4 Å². The highest BCUT2D eigenvalue weighted by molar-refractivity contribution is 6.33. The van der Waals surface area contributed by atoms with Gasteiger partial charge >= 0.3 is 5.97 Å². The van der Waals surface area contributed by atoms with Gasteiger partial charge in [-0.3, -0.25) is 4.79 Å². The Labute approximate surface area is 127 Å². The molecule has 108 valence electrons. The van der Waals surface area contributed by atoms with E-state index in [9.17, 15) is 14.7 Å². The second-order valence-electron chi connectivity index (χ2n) is 4.53. The Morgan fingerprint density at radius 2 is 1.67 bits per heavy atom. The average Bonchev–Trinajstić information content (AvgIpc) is 2.48. The summed E-state index contributed by atoms with van der Waals surface area (Å²) in [6.07, 6.45) is 0.215. The smallest absolute Gasteiger partial charge is 0.326 e. The molecule has 1 unspecified atom stereocenters. The number of halogens is 1. The Balaban J connectivity index is 2.12. The van der Waals surface area contributed by atoms with Crippen LogP contribution in [0.3, 0.4) is 0 Å². The largest absolute Gasteiger partial charge is 0.480 e. The standard InChI is InChI=1S/C16H14ClNO3/c17-13-9-5-4-8-12(13)15(19)18-14(16(20)21)10-11-6-2-1-3-7-11/h1-9,14H,10H2,(H,18,19)(H,20,21). The second kappa shape index (κ2) is 6.90. The number of aliphatic carboxylic acids is 1. The van der Waals surface area contributed by atoms with E-state index in [0.717, 1.165) is 5.56 Å². The van der Waals surface area contributed by atoms with E-state index in [1.165, 1.54) is 0 Å². The van der Waals surface area contributed by atoms with Crippen LogP contribution in [-0.2, 0) is 11.2 Å². The van der Waals surface area contributed by atoms with Crippen LogP contribution in [-0.4, -0.2) is 23.0 Å². The fourth-order valence-electron chi connectivity index (χ4n) is 1.93. The number of benzene rings is 2. The summed E-state index contributed by atoms with van der Waals surface area (Å²) in [5, 5.41) is 12.0. The van der Waals surface area contributed by atoms with E-state index in [4.69, 9.17) is 11.6 Å². The lowest BCUT2D eigenvalue weighted by atomic mass is 10.1. The molecule has 0 aromatic heterocycles. The Morgan fingerprint density at radius 1 is 1.05 bits per heavy atom. The maximum absolute atomic E-state index is 12.1. The molecule has 0 heterocycles. The molecule has 0 aliphatic heterocycles. The molecule has 21 heavy (non-hydrogen) atoms. The van der Waals surface area contributed by atoms with Gasteiger partial charge < -0.3 is 10.4 Å². The third-order valence-corrected chi connectivity index (χ3v) is 3.33. The predicted octanol–water partition coefficient (Wildman–Crippen LogP) is 2.77. The van der Waals surface area contributed by atoms with Gasteiger partial charge in [-0.25, -0.2) is 4.79 Å². The van der Waals surface area contributed by atoms with Crippen LogP contribution in [0.1, 0.15) is 15.9 Å². The Kier molecular flexibility index (Phi) is 4.95. The summed E-state index contributed by atoms with van der Waals surface area (Å²) in [5.74, 6) is -1.58. The number of carboxylic acid groups (broad SMARTS) is 1. The van der Waals surface area contributed by atoms with Gasteiger partial charge in [0.1, 0.15) is 6.04 Å². The zero-order valence-corrected chi connectivity index (χ0v) is 11.9. The van der Waals surface area contributed by atoms with Crippen molar-refractivity contribution in [2.45, 2.75) is 12.5 Å². The molecule has 5 heteroatoms. The highest BCUT2D eigenvalue weighted by atomic mass is 35.5. The molecule has 0 bridgehead atoms. The van der Waals surface area contributed by atoms with E-state index in [1.54, 1.807) is 24.3 Å². The van der Waals surface area contributed by atoms with Crippen LogP contribution in [0.25, 0.3) is 0 Å². The van der Waals surface area contributed by atoms with Gasteiger partial charge in [-0.05, 0) is 17.7 Å². The van der Waals surface area contributed by atoms with Gasteiger partial charge in [0.05, 0.1) is 10.6 Å². The minimum absolute atomic E-state index is 0.215. The van der Waals surface area contributed by atoms with Crippen molar-refractivity contribution in [3.63, 3.8) is 0 Å². The summed E-state index contributed by atoms with van der Waals surface area (Å²) in [6.45, 7) is 0. The van der Waals surface area contributed by atoms with Crippen molar-refractivity contribution >= 4 is 23.5 Å². The van der Waals surface area contributed by atoms with E-state index in [0.29, 0.717) is 5.02 Å². The van der Waals surface area contributed by atoms with Crippen molar-refractivity contribution < 1.29 is 14.7 Å². The van der Waals surface area contributed by atoms with Crippen LogP contribution in [0.4, 0.5) is 0 Å². The molecule has 2 aromatic carbocycles. The quantitative estimate of drug-likeness (QED) is 0.892. The molecule has 0 saturated carbocycles. The highest BCUT2D eigenvalue weighted by Crippen LogP contribution is 2.15. The molecule has 0 radical (unpaired) electrons. The molecule has 0 aliphatic carbocycles. The lowest BCUT2D eigenvalue weighted by molar-refractivity contribution is -0.139. The summed E-state index contributed by atoms with van der Waals surface area (Å²) in [6, 6.07) is 14.6. The number of carboxylic acids is 1. The van der Waals surface area contributed by atoms with Crippen LogP contribution in [0, 0.1) is 0 Å². The van der Waals surface area contributed by atoms with E-state index >= 15 is 0 Å². The first kappa shape index (κ1) is 15.1. The maximum Gasteiger partial charge on any atom is 0.326 e. The van der Waals surface area contributed by atoms with Gasteiger partial charge in [-0.15, -0.1) is 0 Å². The van der Waals surface area contributed by atoms with Crippen molar-refractivity contribution in [3.8, 4) is 0 Å². The first-order valence-electron chi connectivity index (χ1n) is 6.40. The van der Waals surface area contributed by atoms with Crippen molar-refractivity contribution in [1.29, 1.82) is 0 Å². The molecule has 0 spiro atoms. The third-order valence-electron chi connectivity index (χ3n) is 3.00. The molecule has 1 amide bonds. The van der Waals surface area contributed by atoms with E-state index < -0.39 is 17.9 Å². The molecule has 0 fully saturated rings. The Hall–Kier alpha value is -2.33. The van der Waals surface area contributed by atoms with E-state index in [1.807, 2.05) is 30.3 Å². The van der Waals surface area contributed by atoms with Gasteiger partial charge in [0.15, 0.2) is 0 Å². The number of hydrogen-bond acceptors (Lipinski definition) is 2. The van der Waals surface area contributed by atoms with Crippen molar-refractivity contribution in [3.05, 3.63) is 70.7 Å². The van der Waals surface area contributed by atoms with Crippen LogP contribution in [0.2, 0.25) is 5.02 Å². The van der Waals surface area contributed by atoms with Gasteiger partial charge in [-0.1, -0.05) is 54.1 Å². The van der Waals surface area contributed by atoms with E-state index in [-0.39, 0.29) is 12.0 Å². The fraction of sp³-hybridized carbons (Fsp3) is 0.125. The van der Waals surface area contributed by atoms with Gasteiger partial charge in [0.25, 0.3) is 5.91 Å². The maximum atomic E-state index is 12.1. The number of nitrogens with one attached hydrogen (secondary N) is 1. The molecule has 2 aromatic rings. The highest BCUT2D eigenvalue weighted by Gasteiger charge is 2.21. The van der Waals surface area contributed by atoms with Crippen molar-refractivity contribution in [1.82, 2.24) is 5.32 Å². The summed E-state index contributed by atoms with van der Waals surface area (Å²) in [7, 11) is 0. The molecular formula is C16H14ClNO3. The summed E-state index contributed by atoms with van der Waals surface area (Å²) in [4.78, 5) is 23.4. The summed E-state index contributed by atoms with van der Waals surface area (Å²) >= 11 is 5.93. The Morgan fingerprint density at radius 3 is 2.29 bits per heavy atom. The SMILES string of the molecule is O=C(NC(Cc1ccccc1)C(=O)O)c1ccccc1Cl. The number of amides is 1.